The van der Waals surface area contributed by atoms with Gasteiger partial charge >= 0.3 is 0 Å². The average molecular weight is 254 g/mol. The molecule has 9 heavy (non-hydrogen) atoms. The molecular formula is C7H16AlI. The molecule has 1 unspecified atom stereocenters. The fraction of sp³-hybridized carbons (Fsp3) is 1.00. The highest BCUT2D eigenvalue weighted by atomic mass is 127. The molecule has 0 saturated carbocycles. The Morgan fingerprint density at radius 2 is 1.89 bits per heavy atom. The summed E-state index contributed by atoms with van der Waals surface area (Å²) in [5, 5.41) is 0. The van der Waals surface area contributed by atoms with Crippen molar-refractivity contribution in [3.63, 3.8) is 0 Å². The summed E-state index contributed by atoms with van der Waals surface area (Å²) in [5.41, 5.74) is 0. The van der Waals surface area contributed by atoms with Crippen LogP contribution in [-0.4, -0.2) is 16.3 Å². The Morgan fingerprint density at radius 1 is 1.33 bits per heavy atom. The smallest absolute Gasteiger partial charge is 0.107 e. The molecule has 0 aromatic rings. The van der Waals surface area contributed by atoms with Crippen molar-refractivity contribution < 1.29 is 0 Å². The lowest BCUT2D eigenvalue weighted by molar-refractivity contribution is 0.655. The van der Waals surface area contributed by atoms with Crippen LogP contribution in [0.1, 0.15) is 39.5 Å². The van der Waals surface area contributed by atoms with Gasteiger partial charge in [0.25, 0.3) is 0 Å². The fourth-order valence-corrected chi connectivity index (χ4v) is 0.906. The molecular weight excluding hydrogens is 238 g/mol. The summed E-state index contributed by atoms with van der Waals surface area (Å²) in [5.74, 6) is 0. The van der Waals surface area contributed by atoms with E-state index in [-0.39, 0.29) is 24.0 Å². The predicted molar refractivity (Wildman–Crippen MR) is 54.7 cm³/mol. The zero-order chi connectivity index (χ0) is 6.41. The van der Waals surface area contributed by atoms with Crippen LogP contribution >= 0.6 is 24.0 Å². The minimum atomic E-state index is 0. The van der Waals surface area contributed by atoms with Gasteiger partial charge in [0.2, 0.25) is 0 Å². The van der Waals surface area contributed by atoms with E-state index in [1.165, 1.54) is 25.7 Å². The van der Waals surface area contributed by atoms with Crippen molar-refractivity contribution in [2.45, 2.75) is 44.3 Å². The first-order chi connectivity index (χ1) is 3.81. The first-order valence-corrected chi connectivity index (χ1v) is 4.23. The highest BCUT2D eigenvalue weighted by Gasteiger charge is 1.93. The van der Waals surface area contributed by atoms with Gasteiger partial charge in [-0.1, -0.05) is 39.5 Å². The van der Waals surface area contributed by atoms with Gasteiger partial charge in [-0.3, -0.25) is 0 Å². The maximum Gasteiger partial charge on any atom is 0.123 e. The van der Waals surface area contributed by atoms with E-state index in [4.69, 9.17) is 0 Å². The second-order valence-electron chi connectivity index (χ2n) is 2.31. The second kappa shape index (κ2) is 9.26. The van der Waals surface area contributed by atoms with Crippen LogP contribution in [0.5, 0.6) is 0 Å². The lowest BCUT2D eigenvalue weighted by Crippen LogP contribution is -1.88. The number of hydrogen-bond acceptors (Lipinski definition) is 0. The molecule has 0 spiro atoms. The molecule has 0 heterocycles. The monoisotopic (exact) mass is 254 g/mol. The number of unbranched alkanes of at least 4 members (excludes halogenated alkanes) is 1. The number of rotatable bonds is 4. The van der Waals surface area contributed by atoms with Gasteiger partial charge in [0.1, 0.15) is 16.3 Å². The number of hydrogen-bond donors (Lipinski definition) is 0. The number of halogens is 1. The molecule has 0 saturated heterocycles. The standard InChI is InChI=1S/C7H15.Al.HI/c1-3-5-7-6-4-2;;/h5H,3-4,6-7H2,1-2H3;;1H. The molecule has 0 aliphatic rings. The van der Waals surface area contributed by atoms with E-state index in [0.29, 0.717) is 0 Å². The molecule has 0 aliphatic carbocycles. The Labute approximate surface area is 84.2 Å². The molecule has 0 fully saturated rings. The van der Waals surface area contributed by atoms with Crippen molar-refractivity contribution in [2.75, 3.05) is 0 Å². The molecule has 0 aromatic heterocycles. The normalized spacial score (nSPS) is 12.2. The summed E-state index contributed by atoms with van der Waals surface area (Å²) in [6.07, 6.45) is 5.43. The molecule has 0 N–H and O–H groups in total. The van der Waals surface area contributed by atoms with Gasteiger partial charge in [0, 0.05) is 0 Å². The van der Waals surface area contributed by atoms with Gasteiger partial charge in [0.15, 0.2) is 0 Å². The molecule has 1 atom stereocenters. The Hall–Kier alpha value is 1.26. The van der Waals surface area contributed by atoms with E-state index in [0.717, 1.165) is 4.78 Å². The van der Waals surface area contributed by atoms with Gasteiger partial charge in [-0.2, -0.15) is 0 Å². The largest absolute Gasteiger partial charge is 0.123 e. The van der Waals surface area contributed by atoms with Crippen LogP contribution in [0.2, 0.25) is 4.78 Å². The highest BCUT2D eigenvalue weighted by molar-refractivity contribution is 14.0. The van der Waals surface area contributed by atoms with E-state index >= 15 is 0 Å². The first-order valence-electron chi connectivity index (χ1n) is 3.56. The summed E-state index contributed by atoms with van der Waals surface area (Å²) in [4.78, 5) is 0. The third-order valence-corrected chi connectivity index (χ3v) is 2.26. The van der Waals surface area contributed by atoms with E-state index in [1.807, 2.05) is 0 Å². The maximum atomic E-state index is 2.88. The summed E-state index contributed by atoms with van der Waals surface area (Å²) in [6.45, 7) is 4.49. The summed E-state index contributed by atoms with van der Waals surface area (Å²) < 4.78 is 0.870. The SMILES string of the molecule is CCCC[CH]([Al])CC.I. The summed E-state index contributed by atoms with van der Waals surface area (Å²) in [7, 11) is 0. The Balaban J connectivity index is 0. The topological polar surface area (TPSA) is 0 Å². The quantitative estimate of drug-likeness (QED) is 0.534. The highest BCUT2D eigenvalue weighted by Crippen LogP contribution is 2.13. The third kappa shape index (κ3) is 9.26. The predicted octanol–water partition coefficient (Wildman–Crippen LogP) is 3.16. The van der Waals surface area contributed by atoms with Crippen molar-refractivity contribution in [2.24, 2.45) is 0 Å². The van der Waals surface area contributed by atoms with Crippen molar-refractivity contribution >= 4 is 40.3 Å². The summed E-state index contributed by atoms with van der Waals surface area (Å²) in [6, 6.07) is 0. The van der Waals surface area contributed by atoms with E-state index in [2.05, 4.69) is 30.1 Å². The van der Waals surface area contributed by atoms with Crippen molar-refractivity contribution in [1.29, 1.82) is 0 Å². The van der Waals surface area contributed by atoms with Gasteiger partial charge < -0.3 is 0 Å². The zero-order valence-electron chi connectivity index (χ0n) is 6.39. The van der Waals surface area contributed by atoms with Crippen molar-refractivity contribution in [1.82, 2.24) is 0 Å². The molecule has 0 nitrogen and oxygen atoms in total. The first kappa shape index (κ1) is 12.9. The van der Waals surface area contributed by atoms with Gasteiger partial charge in [-0.25, -0.2) is 0 Å². The van der Waals surface area contributed by atoms with Gasteiger partial charge in [-0.05, 0) is 0 Å². The van der Waals surface area contributed by atoms with E-state index < -0.39 is 0 Å². The van der Waals surface area contributed by atoms with E-state index in [9.17, 15) is 0 Å². The Kier molecular flexibility index (Phi) is 13.3. The Morgan fingerprint density at radius 3 is 2.22 bits per heavy atom. The van der Waals surface area contributed by atoms with Crippen LogP contribution in [-0.2, 0) is 0 Å². The fourth-order valence-electron chi connectivity index (χ4n) is 0.670. The second-order valence-corrected chi connectivity index (χ2v) is 3.25. The van der Waals surface area contributed by atoms with Crippen LogP contribution in [0.3, 0.4) is 0 Å². The molecule has 0 rings (SSSR count). The van der Waals surface area contributed by atoms with Crippen molar-refractivity contribution in [3.8, 4) is 0 Å². The van der Waals surface area contributed by atoms with E-state index in [1.54, 1.807) is 0 Å². The minimum absolute atomic E-state index is 0. The van der Waals surface area contributed by atoms with Crippen LogP contribution in [0.25, 0.3) is 0 Å². The maximum absolute atomic E-state index is 2.88. The molecule has 0 amide bonds. The molecule has 0 aromatic carbocycles. The molecule has 0 bridgehead atoms. The average Bonchev–Trinajstić information content (AvgIpc) is 1.83. The lowest BCUT2D eigenvalue weighted by Gasteiger charge is -2.05. The minimum Gasteiger partial charge on any atom is -0.107 e. The van der Waals surface area contributed by atoms with Crippen molar-refractivity contribution in [3.05, 3.63) is 0 Å². The third-order valence-electron chi connectivity index (χ3n) is 1.45. The molecule has 0 aliphatic heterocycles. The van der Waals surface area contributed by atoms with Crippen LogP contribution in [0.4, 0.5) is 0 Å². The molecule has 2 radical (unpaired) electrons. The Bertz CT molecular complexity index is 48.2. The molecule has 2 heteroatoms. The van der Waals surface area contributed by atoms with Gasteiger partial charge in [0.05, 0.1) is 0 Å². The van der Waals surface area contributed by atoms with Gasteiger partial charge in [-0.15, -0.1) is 28.8 Å². The lowest BCUT2D eigenvalue weighted by atomic mass is 10.2. The molecule has 54 valence electrons. The van der Waals surface area contributed by atoms with Crippen LogP contribution < -0.4 is 0 Å². The van der Waals surface area contributed by atoms with Crippen LogP contribution in [0, 0.1) is 0 Å². The zero-order valence-corrected chi connectivity index (χ0v) is 9.88. The van der Waals surface area contributed by atoms with Crippen LogP contribution in [0.15, 0.2) is 0 Å². The summed E-state index contributed by atoms with van der Waals surface area (Å²) >= 11 is 2.88.